The van der Waals surface area contributed by atoms with E-state index in [4.69, 9.17) is 16.3 Å². The Kier molecular flexibility index (Phi) is 10.3. The highest BCUT2D eigenvalue weighted by Gasteiger charge is 2.25. The zero-order chi connectivity index (χ0) is 29.4. The average Bonchev–Trinajstić information content (AvgIpc) is 2.87. The monoisotopic (exact) mass is 575 g/mol. The molecule has 2 unspecified atom stereocenters. The number of carboxylic acids is 1. The van der Waals surface area contributed by atoms with Crippen LogP contribution in [0.1, 0.15) is 47.8 Å². The summed E-state index contributed by atoms with van der Waals surface area (Å²) >= 11 is 6.33. The van der Waals surface area contributed by atoms with Crippen LogP contribution in [0.15, 0.2) is 41.4 Å². The number of nitrogens with one attached hydrogen (secondary N) is 4. The van der Waals surface area contributed by atoms with Gasteiger partial charge in [0.2, 0.25) is 5.91 Å². The lowest BCUT2D eigenvalue weighted by atomic mass is 9.84. The molecule has 40 heavy (non-hydrogen) atoms. The fourth-order valence-corrected chi connectivity index (χ4v) is 4.39. The topological polar surface area (TPSA) is 182 Å². The molecule has 13 heteroatoms. The summed E-state index contributed by atoms with van der Waals surface area (Å²) in [5.74, 6) is -2.19. The predicted octanol–water partition coefficient (Wildman–Crippen LogP) is 1.76. The normalized spacial score (nSPS) is 15.8. The molecule has 12 nitrogen and oxygen atoms in total. The van der Waals surface area contributed by atoms with Gasteiger partial charge in [0.1, 0.15) is 5.75 Å². The van der Waals surface area contributed by atoms with E-state index in [1.165, 1.54) is 18.2 Å². The number of halogens is 1. The molecular weight excluding hydrogens is 542 g/mol. The summed E-state index contributed by atoms with van der Waals surface area (Å²) < 4.78 is 5.29. The summed E-state index contributed by atoms with van der Waals surface area (Å²) in [5.41, 5.74) is 1.34. The van der Waals surface area contributed by atoms with Crippen LogP contribution >= 0.6 is 11.6 Å². The predicted molar refractivity (Wildman–Crippen MR) is 150 cm³/mol. The number of amides is 2. The number of ether oxygens (including phenoxy) is 1. The van der Waals surface area contributed by atoms with Crippen molar-refractivity contribution in [2.75, 3.05) is 38.7 Å². The molecule has 0 aliphatic carbocycles. The fraction of sp³-hybridized carbons (Fsp3) is 0.407. The highest BCUT2D eigenvalue weighted by molar-refractivity contribution is 6.30. The molecule has 1 heterocycles. The van der Waals surface area contributed by atoms with Crippen LogP contribution in [0.5, 0.6) is 5.75 Å². The number of aliphatic hydroxyl groups is 1. The lowest BCUT2D eigenvalue weighted by molar-refractivity contribution is -0.137. The Morgan fingerprint density at radius 3 is 2.60 bits per heavy atom. The van der Waals surface area contributed by atoms with Crippen LogP contribution in [0.4, 0.5) is 5.69 Å². The van der Waals surface area contributed by atoms with Crippen molar-refractivity contribution in [2.24, 2.45) is 4.99 Å². The highest BCUT2D eigenvalue weighted by Crippen LogP contribution is 2.30. The number of phenols is 1. The minimum Gasteiger partial charge on any atom is -0.508 e. The maximum absolute atomic E-state index is 12.8. The lowest BCUT2D eigenvalue weighted by Crippen LogP contribution is -2.42. The molecular formula is C27H34ClN5O7. The van der Waals surface area contributed by atoms with E-state index in [-0.39, 0.29) is 17.9 Å². The minimum absolute atomic E-state index is 0.0775. The zero-order valence-corrected chi connectivity index (χ0v) is 23.2. The molecule has 3 rings (SSSR count). The van der Waals surface area contributed by atoms with Gasteiger partial charge in [-0.3, -0.25) is 19.4 Å². The van der Waals surface area contributed by atoms with Gasteiger partial charge in [0.05, 0.1) is 38.3 Å². The number of guanidine groups is 1. The number of aliphatic hydroxyl groups excluding tert-OH is 1. The Balaban J connectivity index is 1.69. The second-order valence-electron chi connectivity index (χ2n) is 10.1. The van der Waals surface area contributed by atoms with E-state index in [2.05, 4.69) is 26.3 Å². The summed E-state index contributed by atoms with van der Waals surface area (Å²) in [6.07, 6.45) is -0.999. The number of aliphatic imine (C=N–C) groups is 1. The number of hydrogen-bond donors (Lipinski definition) is 7. The molecule has 1 aliphatic heterocycles. The molecule has 216 valence electrons. The van der Waals surface area contributed by atoms with Crippen molar-refractivity contribution < 1.29 is 34.4 Å². The number of aromatic hydroxyl groups is 1. The first-order valence-electron chi connectivity index (χ1n) is 12.5. The third-order valence-electron chi connectivity index (χ3n) is 6.14. The number of carbonyl (C=O) groups excluding carboxylic acids is 2. The van der Waals surface area contributed by atoms with Gasteiger partial charge in [0.25, 0.3) is 5.91 Å². The number of aliphatic carboxylic acids is 1. The van der Waals surface area contributed by atoms with Crippen molar-refractivity contribution in [3.05, 3.63) is 58.1 Å². The van der Waals surface area contributed by atoms with Crippen molar-refractivity contribution in [3.63, 3.8) is 0 Å². The van der Waals surface area contributed by atoms with Crippen LogP contribution in [0.2, 0.25) is 5.02 Å². The molecule has 7 N–H and O–H groups in total. The highest BCUT2D eigenvalue weighted by atomic mass is 35.5. The number of anilines is 1. The van der Waals surface area contributed by atoms with Crippen LogP contribution in [0.25, 0.3) is 0 Å². The summed E-state index contributed by atoms with van der Waals surface area (Å²) in [4.78, 5) is 41.2. The molecule has 1 aliphatic rings. The largest absolute Gasteiger partial charge is 0.508 e. The number of rotatable bonds is 11. The number of β-amino-alcohol motifs (C(OH)–C–C–N with tert-alkyl or cyclic N) is 1. The first-order chi connectivity index (χ1) is 18.9. The molecule has 0 spiro atoms. The number of carbonyl (C=O) groups is 3. The Bertz CT molecular complexity index is 1280. The molecule has 2 aromatic carbocycles. The van der Waals surface area contributed by atoms with Gasteiger partial charge in [-0.25, -0.2) is 0 Å². The average molecular weight is 576 g/mol. The van der Waals surface area contributed by atoms with Gasteiger partial charge >= 0.3 is 5.97 Å². The lowest BCUT2D eigenvalue weighted by Gasteiger charge is -2.26. The third kappa shape index (κ3) is 8.83. The van der Waals surface area contributed by atoms with Crippen molar-refractivity contribution in [1.29, 1.82) is 0 Å². The molecule has 0 bridgehead atoms. The van der Waals surface area contributed by atoms with Crippen LogP contribution in [0.3, 0.4) is 0 Å². The molecule has 0 aromatic heterocycles. The zero-order valence-electron chi connectivity index (χ0n) is 22.5. The first kappa shape index (κ1) is 30.7. The molecule has 0 fully saturated rings. The van der Waals surface area contributed by atoms with Gasteiger partial charge in [-0.1, -0.05) is 31.5 Å². The van der Waals surface area contributed by atoms with Gasteiger partial charge in [0, 0.05) is 41.4 Å². The van der Waals surface area contributed by atoms with Gasteiger partial charge in [-0.05, 0) is 35.4 Å². The quantitative estimate of drug-likeness (QED) is 0.210. The smallest absolute Gasteiger partial charge is 0.305 e. The van der Waals surface area contributed by atoms with E-state index >= 15 is 0 Å². The molecule has 2 atom stereocenters. The SMILES string of the molecule is COCC(C)(C)c1cc(Cl)cc(C(CC(=O)O)NC(=O)CNC(=O)c2cc(O)cc(NC3=NCC(O)CN3)c2)c1. The van der Waals surface area contributed by atoms with Crippen molar-refractivity contribution in [2.45, 2.75) is 37.8 Å². The van der Waals surface area contributed by atoms with E-state index < -0.39 is 48.3 Å². The van der Waals surface area contributed by atoms with Gasteiger partial charge in [-0.15, -0.1) is 0 Å². The van der Waals surface area contributed by atoms with E-state index in [9.17, 15) is 29.7 Å². The fourth-order valence-electron chi connectivity index (χ4n) is 4.15. The van der Waals surface area contributed by atoms with Crippen molar-refractivity contribution >= 4 is 41.0 Å². The number of phenolic OH excluding ortho intramolecular Hbond substituents is 1. The third-order valence-corrected chi connectivity index (χ3v) is 6.36. The second-order valence-corrected chi connectivity index (χ2v) is 10.5. The van der Waals surface area contributed by atoms with E-state index in [0.717, 1.165) is 5.56 Å². The van der Waals surface area contributed by atoms with Crippen LogP contribution in [-0.4, -0.2) is 78.5 Å². The van der Waals surface area contributed by atoms with Gasteiger partial charge in [-0.2, -0.15) is 0 Å². The number of carboxylic acid groups (broad SMARTS) is 1. The molecule has 2 amide bonds. The molecule has 2 aromatic rings. The summed E-state index contributed by atoms with van der Waals surface area (Å²) in [6, 6.07) is 8.33. The summed E-state index contributed by atoms with van der Waals surface area (Å²) in [6.45, 7) is 4.38. The maximum atomic E-state index is 12.8. The van der Waals surface area contributed by atoms with E-state index in [1.807, 2.05) is 13.8 Å². The Morgan fingerprint density at radius 1 is 1.20 bits per heavy atom. The first-order valence-corrected chi connectivity index (χ1v) is 12.9. The van der Waals surface area contributed by atoms with Gasteiger partial charge < -0.3 is 41.3 Å². The van der Waals surface area contributed by atoms with Crippen LogP contribution in [-0.2, 0) is 19.7 Å². The van der Waals surface area contributed by atoms with E-state index in [1.54, 1.807) is 25.3 Å². The number of benzene rings is 2. The van der Waals surface area contributed by atoms with Gasteiger partial charge in [0.15, 0.2) is 5.96 Å². The van der Waals surface area contributed by atoms with Crippen LogP contribution < -0.4 is 21.3 Å². The Hall–Kier alpha value is -3.87. The Morgan fingerprint density at radius 2 is 1.95 bits per heavy atom. The molecule has 0 saturated carbocycles. The van der Waals surface area contributed by atoms with Crippen LogP contribution in [0, 0.1) is 0 Å². The second kappa shape index (κ2) is 13.5. The summed E-state index contributed by atoms with van der Waals surface area (Å²) in [7, 11) is 1.58. The van der Waals surface area contributed by atoms with E-state index in [0.29, 0.717) is 35.4 Å². The Labute approximate surface area is 236 Å². The minimum atomic E-state index is -1.13. The number of nitrogens with zero attached hydrogens (tertiary/aromatic N) is 1. The standard InChI is InChI=1S/C27H34ClN5O7/c1-27(2,14-40-3)17-4-15(5-18(28)8-17)22(10-24(37)38)33-23(36)13-29-25(39)16-6-19(9-20(34)7-16)32-26-30-11-21(35)12-31-26/h4-9,21-22,34-35H,10-14H2,1-3H3,(H,29,39)(H,33,36)(H,37,38)(H2,30,31,32). The van der Waals surface area contributed by atoms with Crippen molar-refractivity contribution in [3.8, 4) is 5.75 Å². The molecule has 0 radical (unpaired) electrons. The van der Waals surface area contributed by atoms with Crippen molar-refractivity contribution in [1.82, 2.24) is 16.0 Å². The summed E-state index contributed by atoms with van der Waals surface area (Å²) in [5, 5.41) is 40.4. The number of hydrogen-bond acceptors (Lipinski definition) is 9. The maximum Gasteiger partial charge on any atom is 0.305 e. The molecule has 0 saturated heterocycles. The number of methoxy groups -OCH3 is 1.